The SMILES string of the molecule is Cc1ccc(N(C)C(=O)c2cc(Cl)ccc2O)c(C)c1. The average Bonchev–Trinajstić information content (AvgIpc) is 2.40. The van der Waals surface area contributed by atoms with Crippen molar-refractivity contribution >= 4 is 23.2 Å². The summed E-state index contributed by atoms with van der Waals surface area (Å²) >= 11 is 5.88. The molecule has 0 aliphatic carbocycles. The molecule has 0 aromatic heterocycles. The largest absolute Gasteiger partial charge is 0.507 e. The summed E-state index contributed by atoms with van der Waals surface area (Å²) in [5.74, 6) is -0.368. The molecule has 2 rings (SSSR count). The van der Waals surface area contributed by atoms with Gasteiger partial charge < -0.3 is 10.0 Å². The van der Waals surface area contributed by atoms with Crippen LogP contribution in [0, 0.1) is 13.8 Å². The Morgan fingerprint density at radius 3 is 2.50 bits per heavy atom. The Hall–Kier alpha value is -2.00. The third-order valence-electron chi connectivity index (χ3n) is 3.21. The number of aromatic hydroxyl groups is 1. The van der Waals surface area contributed by atoms with Crippen molar-refractivity contribution < 1.29 is 9.90 Å². The molecule has 0 fully saturated rings. The van der Waals surface area contributed by atoms with E-state index >= 15 is 0 Å². The number of carbonyl (C=O) groups is 1. The van der Waals surface area contributed by atoms with Crippen LogP contribution in [0.2, 0.25) is 5.02 Å². The molecule has 1 N–H and O–H groups in total. The minimum Gasteiger partial charge on any atom is -0.507 e. The Morgan fingerprint density at radius 1 is 1.15 bits per heavy atom. The zero-order chi connectivity index (χ0) is 14.9. The zero-order valence-electron chi connectivity index (χ0n) is 11.6. The van der Waals surface area contributed by atoms with Crippen molar-refractivity contribution in [3.05, 3.63) is 58.1 Å². The average molecular weight is 290 g/mol. The number of hydrogen-bond acceptors (Lipinski definition) is 2. The number of benzene rings is 2. The van der Waals surface area contributed by atoms with E-state index in [2.05, 4.69) is 0 Å². The molecule has 0 saturated heterocycles. The molecule has 0 aliphatic rings. The molecule has 0 bridgehead atoms. The number of amides is 1. The van der Waals surface area contributed by atoms with E-state index in [1.807, 2.05) is 32.0 Å². The van der Waals surface area contributed by atoms with E-state index in [4.69, 9.17) is 11.6 Å². The molecule has 0 saturated carbocycles. The normalized spacial score (nSPS) is 10.4. The maximum Gasteiger partial charge on any atom is 0.261 e. The highest BCUT2D eigenvalue weighted by molar-refractivity contribution is 6.31. The monoisotopic (exact) mass is 289 g/mol. The zero-order valence-corrected chi connectivity index (χ0v) is 12.4. The number of phenolic OH excluding ortho intramolecular Hbond substituents is 1. The number of hydrogen-bond donors (Lipinski definition) is 1. The lowest BCUT2D eigenvalue weighted by molar-refractivity contribution is 0.0990. The van der Waals surface area contributed by atoms with Crippen LogP contribution >= 0.6 is 11.6 Å². The predicted molar refractivity (Wildman–Crippen MR) is 81.8 cm³/mol. The molecule has 0 unspecified atom stereocenters. The van der Waals surface area contributed by atoms with Crippen molar-refractivity contribution in [3.63, 3.8) is 0 Å². The van der Waals surface area contributed by atoms with Crippen molar-refractivity contribution in [3.8, 4) is 5.75 Å². The van der Waals surface area contributed by atoms with Crippen LogP contribution in [0.25, 0.3) is 0 Å². The number of nitrogens with zero attached hydrogens (tertiary/aromatic N) is 1. The second kappa shape index (κ2) is 5.55. The highest BCUT2D eigenvalue weighted by Gasteiger charge is 2.18. The number of phenols is 1. The Bertz CT molecular complexity index is 668. The van der Waals surface area contributed by atoms with Crippen LogP contribution in [0.15, 0.2) is 36.4 Å². The van der Waals surface area contributed by atoms with Gasteiger partial charge in [0, 0.05) is 17.8 Å². The molecule has 3 nitrogen and oxygen atoms in total. The molecular weight excluding hydrogens is 274 g/mol. The van der Waals surface area contributed by atoms with Gasteiger partial charge in [0.05, 0.1) is 5.56 Å². The number of carbonyl (C=O) groups excluding carboxylic acids is 1. The number of aryl methyl sites for hydroxylation is 2. The Morgan fingerprint density at radius 2 is 1.85 bits per heavy atom. The smallest absolute Gasteiger partial charge is 0.261 e. The third-order valence-corrected chi connectivity index (χ3v) is 3.44. The summed E-state index contributed by atoms with van der Waals surface area (Å²) in [6.07, 6.45) is 0. The lowest BCUT2D eigenvalue weighted by Gasteiger charge is -2.20. The predicted octanol–water partition coefficient (Wildman–Crippen LogP) is 3.94. The lowest BCUT2D eigenvalue weighted by atomic mass is 10.1. The number of anilines is 1. The molecule has 4 heteroatoms. The van der Waals surface area contributed by atoms with E-state index < -0.39 is 0 Å². The van der Waals surface area contributed by atoms with Gasteiger partial charge in [0.15, 0.2) is 0 Å². The molecule has 0 heterocycles. The van der Waals surface area contributed by atoms with Gasteiger partial charge in [-0.2, -0.15) is 0 Å². The van der Waals surface area contributed by atoms with Crippen molar-refractivity contribution in [1.82, 2.24) is 0 Å². The van der Waals surface area contributed by atoms with E-state index in [1.54, 1.807) is 13.1 Å². The first kappa shape index (κ1) is 14.4. The highest BCUT2D eigenvalue weighted by atomic mass is 35.5. The van der Waals surface area contributed by atoms with E-state index in [0.29, 0.717) is 5.02 Å². The van der Waals surface area contributed by atoms with Gasteiger partial charge in [-0.15, -0.1) is 0 Å². The second-order valence-electron chi connectivity index (χ2n) is 4.82. The minimum absolute atomic E-state index is 0.0731. The third kappa shape index (κ3) is 2.78. The lowest BCUT2D eigenvalue weighted by Crippen LogP contribution is -2.27. The highest BCUT2D eigenvalue weighted by Crippen LogP contribution is 2.26. The quantitative estimate of drug-likeness (QED) is 0.910. The van der Waals surface area contributed by atoms with Gasteiger partial charge in [0.2, 0.25) is 0 Å². The fraction of sp³-hybridized carbons (Fsp3) is 0.188. The van der Waals surface area contributed by atoms with Crippen molar-refractivity contribution in [2.45, 2.75) is 13.8 Å². The first-order valence-electron chi connectivity index (χ1n) is 6.24. The standard InChI is InChI=1S/C16H16ClNO2/c1-10-4-6-14(11(2)8-10)18(3)16(20)13-9-12(17)5-7-15(13)19/h4-9,19H,1-3H3. The Balaban J connectivity index is 2.40. The maximum absolute atomic E-state index is 12.5. The maximum atomic E-state index is 12.5. The number of rotatable bonds is 2. The van der Waals surface area contributed by atoms with Crippen molar-refractivity contribution in [2.75, 3.05) is 11.9 Å². The molecule has 1 amide bonds. The molecule has 20 heavy (non-hydrogen) atoms. The van der Waals surface area contributed by atoms with Gasteiger partial charge in [-0.3, -0.25) is 4.79 Å². The van der Waals surface area contributed by atoms with Crippen molar-refractivity contribution in [2.24, 2.45) is 0 Å². The molecule has 2 aromatic carbocycles. The molecule has 0 atom stereocenters. The molecule has 2 aromatic rings. The molecular formula is C16H16ClNO2. The van der Waals surface area contributed by atoms with Crippen LogP contribution in [-0.4, -0.2) is 18.1 Å². The summed E-state index contributed by atoms with van der Waals surface area (Å²) in [5.41, 5.74) is 3.14. The fourth-order valence-electron chi connectivity index (χ4n) is 2.15. The van der Waals surface area contributed by atoms with Crippen LogP contribution in [0.5, 0.6) is 5.75 Å². The summed E-state index contributed by atoms with van der Waals surface area (Å²) in [7, 11) is 1.68. The van der Waals surface area contributed by atoms with E-state index in [9.17, 15) is 9.90 Å². The molecule has 104 valence electrons. The second-order valence-corrected chi connectivity index (χ2v) is 5.25. The topological polar surface area (TPSA) is 40.5 Å². The first-order valence-corrected chi connectivity index (χ1v) is 6.62. The van der Waals surface area contributed by atoms with Gasteiger partial charge in [0.25, 0.3) is 5.91 Å². The summed E-state index contributed by atoms with van der Waals surface area (Å²) in [5, 5.41) is 10.2. The van der Waals surface area contributed by atoms with E-state index in [1.165, 1.54) is 17.0 Å². The Labute approximate surface area is 123 Å². The summed E-state index contributed by atoms with van der Waals surface area (Å²) in [4.78, 5) is 14.0. The number of halogens is 1. The van der Waals surface area contributed by atoms with E-state index in [-0.39, 0.29) is 17.2 Å². The minimum atomic E-state index is -0.294. The van der Waals surface area contributed by atoms with Gasteiger partial charge in [0.1, 0.15) is 5.75 Å². The summed E-state index contributed by atoms with van der Waals surface area (Å²) in [6.45, 7) is 3.95. The fourth-order valence-corrected chi connectivity index (χ4v) is 2.32. The summed E-state index contributed by atoms with van der Waals surface area (Å²) in [6, 6.07) is 10.3. The van der Waals surface area contributed by atoms with Gasteiger partial charge in [-0.1, -0.05) is 29.3 Å². The van der Waals surface area contributed by atoms with Crippen LogP contribution in [0.4, 0.5) is 5.69 Å². The van der Waals surface area contributed by atoms with E-state index in [0.717, 1.165) is 16.8 Å². The first-order chi connectivity index (χ1) is 9.40. The molecule has 0 aliphatic heterocycles. The Kier molecular flexibility index (Phi) is 4.00. The van der Waals surface area contributed by atoms with Crippen molar-refractivity contribution in [1.29, 1.82) is 0 Å². The van der Waals surface area contributed by atoms with Crippen LogP contribution in [0.3, 0.4) is 0 Å². The van der Waals surface area contributed by atoms with Crippen LogP contribution < -0.4 is 4.90 Å². The molecule has 0 radical (unpaired) electrons. The molecule has 0 spiro atoms. The van der Waals surface area contributed by atoms with Gasteiger partial charge in [-0.05, 0) is 43.7 Å². The van der Waals surface area contributed by atoms with Crippen LogP contribution in [-0.2, 0) is 0 Å². The van der Waals surface area contributed by atoms with Crippen LogP contribution in [0.1, 0.15) is 21.5 Å². The van der Waals surface area contributed by atoms with Gasteiger partial charge >= 0.3 is 0 Å². The van der Waals surface area contributed by atoms with Gasteiger partial charge in [-0.25, -0.2) is 0 Å². The summed E-state index contributed by atoms with van der Waals surface area (Å²) < 4.78 is 0.